The third kappa shape index (κ3) is 3.66. The van der Waals surface area contributed by atoms with Gasteiger partial charge in [0.2, 0.25) is 0 Å². The molecule has 1 aromatic rings. The summed E-state index contributed by atoms with van der Waals surface area (Å²) in [5.74, 6) is -1.32. The van der Waals surface area contributed by atoms with Crippen LogP contribution in [0.3, 0.4) is 0 Å². The highest BCUT2D eigenvalue weighted by atomic mass is 16.5. The molecule has 1 aromatic carbocycles. The fourth-order valence-corrected chi connectivity index (χ4v) is 3.22. The number of aryl methyl sites for hydroxylation is 1. The van der Waals surface area contributed by atoms with E-state index in [9.17, 15) is 9.59 Å². The van der Waals surface area contributed by atoms with Crippen LogP contribution in [-0.2, 0) is 19.1 Å². The van der Waals surface area contributed by atoms with Crippen molar-refractivity contribution in [3.05, 3.63) is 57.9 Å². The molecule has 2 rings (SSSR count). The van der Waals surface area contributed by atoms with Crippen LogP contribution in [0.25, 0.3) is 0 Å². The molecule has 0 atom stereocenters. The molecule has 0 fully saturated rings. The van der Waals surface area contributed by atoms with E-state index in [4.69, 9.17) is 9.47 Å². The number of nitrogens with zero attached hydrogens (tertiary/aromatic N) is 1. The van der Waals surface area contributed by atoms with Crippen molar-refractivity contribution in [1.29, 1.82) is 0 Å². The average Bonchev–Trinajstić information content (AvgIpc) is 2.60. The van der Waals surface area contributed by atoms with Gasteiger partial charge in [0.05, 0.1) is 30.3 Å². The molecule has 1 heterocycles. The van der Waals surface area contributed by atoms with Gasteiger partial charge in [-0.1, -0.05) is 29.8 Å². The van der Waals surface area contributed by atoms with Gasteiger partial charge < -0.3 is 14.4 Å². The molecule has 0 N–H and O–H groups in total. The average molecular weight is 357 g/mol. The zero-order chi connectivity index (χ0) is 19.4. The minimum atomic E-state index is -0.509. The second-order valence-corrected chi connectivity index (χ2v) is 6.34. The number of benzene rings is 1. The van der Waals surface area contributed by atoms with Gasteiger partial charge in [-0.25, -0.2) is 9.59 Å². The summed E-state index contributed by atoms with van der Waals surface area (Å²) in [5.41, 5.74) is 4.49. The van der Waals surface area contributed by atoms with Crippen LogP contribution in [0.1, 0.15) is 44.7 Å². The maximum Gasteiger partial charge on any atom is 0.336 e. The number of esters is 2. The third-order valence-corrected chi connectivity index (χ3v) is 4.76. The van der Waals surface area contributed by atoms with Crippen molar-refractivity contribution in [1.82, 2.24) is 4.90 Å². The summed E-state index contributed by atoms with van der Waals surface area (Å²) in [6.45, 7) is 9.84. The molecule has 0 unspecified atom stereocenters. The summed E-state index contributed by atoms with van der Waals surface area (Å²) in [6.07, 6.45) is 0. The fraction of sp³-hybridized carbons (Fsp3) is 0.429. The van der Waals surface area contributed by atoms with Crippen molar-refractivity contribution < 1.29 is 19.1 Å². The van der Waals surface area contributed by atoms with Gasteiger partial charge in [0.1, 0.15) is 0 Å². The van der Waals surface area contributed by atoms with Crippen LogP contribution in [-0.4, -0.2) is 37.1 Å². The zero-order valence-corrected chi connectivity index (χ0v) is 16.4. The first-order valence-electron chi connectivity index (χ1n) is 8.89. The highest BCUT2D eigenvalue weighted by molar-refractivity contribution is 5.99. The monoisotopic (exact) mass is 357 g/mol. The van der Waals surface area contributed by atoms with E-state index in [-0.39, 0.29) is 13.2 Å². The molecule has 0 radical (unpaired) electrons. The molecule has 0 spiro atoms. The molecule has 1 aliphatic rings. The number of rotatable bonds is 5. The van der Waals surface area contributed by atoms with Crippen LogP contribution in [0.4, 0.5) is 0 Å². The van der Waals surface area contributed by atoms with E-state index in [1.807, 2.05) is 57.0 Å². The quantitative estimate of drug-likeness (QED) is 0.752. The van der Waals surface area contributed by atoms with E-state index >= 15 is 0 Å². The summed E-state index contributed by atoms with van der Waals surface area (Å²) in [4.78, 5) is 27.4. The maximum atomic E-state index is 12.8. The Morgan fingerprint density at radius 3 is 1.69 bits per heavy atom. The maximum absolute atomic E-state index is 12.8. The van der Waals surface area contributed by atoms with E-state index in [2.05, 4.69) is 0 Å². The van der Waals surface area contributed by atoms with E-state index in [0.717, 1.165) is 22.5 Å². The number of hydrogen-bond acceptors (Lipinski definition) is 5. The Bertz CT molecular complexity index is 717. The Balaban J connectivity index is 2.69. The third-order valence-electron chi connectivity index (χ3n) is 4.76. The number of allylic oxidation sites excluding steroid dienone is 2. The Labute approximate surface area is 155 Å². The van der Waals surface area contributed by atoms with Crippen LogP contribution in [0.15, 0.2) is 46.8 Å². The van der Waals surface area contributed by atoms with Crippen LogP contribution < -0.4 is 0 Å². The van der Waals surface area contributed by atoms with Gasteiger partial charge >= 0.3 is 11.9 Å². The largest absolute Gasteiger partial charge is 0.463 e. The van der Waals surface area contributed by atoms with E-state index in [1.54, 1.807) is 13.8 Å². The standard InChI is InChI=1S/C21H27NO4/c1-7-25-20(23)17-14(4)22(6)15(5)18(21(24)26-8-2)19(17)16-11-9-13(3)10-12-16/h9-12,19H,7-8H2,1-6H3. The predicted octanol–water partition coefficient (Wildman–Crippen LogP) is 3.70. The first-order valence-corrected chi connectivity index (χ1v) is 8.89. The van der Waals surface area contributed by atoms with Crippen LogP contribution in [0.5, 0.6) is 0 Å². The molecule has 0 aliphatic carbocycles. The normalized spacial score (nSPS) is 15.4. The van der Waals surface area contributed by atoms with Gasteiger partial charge in [-0.15, -0.1) is 0 Å². The SMILES string of the molecule is CCOC(=O)C1=C(C)N(C)C(C)=C(C(=O)OCC)C1c1ccc(C)cc1. The smallest absolute Gasteiger partial charge is 0.336 e. The highest BCUT2D eigenvalue weighted by Gasteiger charge is 2.39. The van der Waals surface area contributed by atoms with Crippen LogP contribution in [0, 0.1) is 6.92 Å². The van der Waals surface area contributed by atoms with Crippen molar-refractivity contribution in [3.8, 4) is 0 Å². The molecule has 0 bridgehead atoms. The van der Waals surface area contributed by atoms with Gasteiger partial charge in [0, 0.05) is 18.4 Å². The lowest BCUT2D eigenvalue weighted by molar-refractivity contribution is -0.139. The van der Waals surface area contributed by atoms with Crippen molar-refractivity contribution in [2.75, 3.05) is 20.3 Å². The van der Waals surface area contributed by atoms with Gasteiger partial charge in [-0.05, 0) is 40.2 Å². The van der Waals surface area contributed by atoms with Crippen molar-refractivity contribution in [2.45, 2.75) is 40.5 Å². The van der Waals surface area contributed by atoms with E-state index in [1.165, 1.54) is 0 Å². The Hall–Kier alpha value is -2.56. The minimum absolute atomic E-state index is 0.275. The molecule has 1 aliphatic heterocycles. The second kappa shape index (κ2) is 8.21. The molecule has 5 heteroatoms. The first-order chi connectivity index (χ1) is 12.3. The minimum Gasteiger partial charge on any atom is -0.463 e. The van der Waals surface area contributed by atoms with Crippen LogP contribution in [0.2, 0.25) is 0 Å². The molecule has 0 amide bonds. The summed E-state index contributed by atoms with van der Waals surface area (Å²) >= 11 is 0. The van der Waals surface area contributed by atoms with E-state index < -0.39 is 17.9 Å². The molecule has 140 valence electrons. The summed E-state index contributed by atoms with van der Waals surface area (Å²) < 4.78 is 10.6. The van der Waals surface area contributed by atoms with Crippen molar-refractivity contribution in [2.24, 2.45) is 0 Å². The van der Waals surface area contributed by atoms with Gasteiger partial charge in [-0.2, -0.15) is 0 Å². The Morgan fingerprint density at radius 2 is 1.31 bits per heavy atom. The van der Waals surface area contributed by atoms with Gasteiger partial charge in [0.15, 0.2) is 0 Å². The first kappa shape index (κ1) is 19.8. The van der Waals surface area contributed by atoms with E-state index in [0.29, 0.717) is 11.1 Å². The predicted molar refractivity (Wildman–Crippen MR) is 100 cm³/mol. The molecular formula is C21H27NO4. The molecule has 26 heavy (non-hydrogen) atoms. The Kier molecular flexibility index (Phi) is 6.24. The number of hydrogen-bond donors (Lipinski definition) is 0. The molecular weight excluding hydrogens is 330 g/mol. The van der Waals surface area contributed by atoms with Crippen molar-refractivity contribution >= 4 is 11.9 Å². The number of carbonyl (C=O) groups is 2. The lowest BCUT2D eigenvalue weighted by Gasteiger charge is -2.35. The molecule has 5 nitrogen and oxygen atoms in total. The van der Waals surface area contributed by atoms with Crippen molar-refractivity contribution in [3.63, 3.8) is 0 Å². The number of carbonyl (C=O) groups excluding carboxylic acids is 2. The topological polar surface area (TPSA) is 55.8 Å². The molecule has 0 saturated heterocycles. The summed E-state index contributed by atoms with van der Waals surface area (Å²) in [6, 6.07) is 7.85. The fourth-order valence-electron chi connectivity index (χ4n) is 3.22. The summed E-state index contributed by atoms with van der Waals surface area (Å²) in [5, 5.41) is 0. The molecule has 0 aromatic heterocycles. The molecule has 0 saturated carbocycles. The number of ether oxygens (including phenoxy) is 2. The Morgan fingerprint density at radius 1 is 0.885 bits per heavy atom. The van der Waals surface area contributed by atoms with Crippen LogP contribution >= 0.6 is 0 Å². The summed E-state index contributed by atoms with van der Waals surface area (Å²) in [7, 11) is 1.84. The lowest BCUT2D eigenvalue weighted by atomic mass is 9.79. The lowest BCUT2D eigenvalue weighted by Crippen LogP contribution is -2.33. The highest BCUT2D eigenvalue weighted by Crippen LogP contribution is 2.42. The van der Waals surface area contributed by atoms with Gasteiger partial charge in [0.25, 0.3) is 0 Å². The van der Waals surface area contributed by atoms with Gasteiger partial charge in [-0.3, -0.25) is 0 Å². The zero-order valence-electron chi connectivity index (χ0n) is 16.4. The second-order valence-electron chi connectivity index (χ2n) is 6.34.